The van der Waals surface area contributed by atoms with Crippen molar-refractivity contribution in [3.8, 4) is 0 Å². The van der Waals surface area contributed by atoms with Crippen molar-refractivity contribution in [1.29, 1.82) is 0 Å². The van der Waals surface area contributed by atoms with E-state index in [0.717, 1.165) is 5.56 Å². The van der Waals surface area contributed by atoms with Gasteiger partial charge in [-0.25, -0.2) is 8.42 Å². The Hall–Kier alpha value is -1.40. The van der Waals surface area contributed by atoms with Crippen molar-refractivity contribution in [2.45, 2.75) is 57.9 Å². The van der Waals surface area contributed by atoms with Gasteiger partial charge in [0.25, 0.3) is 0 Å². The summed E-state index contributed by atoms with van der Waals surface area (Å²) in [6.07, 6.45) is 0. The predicted molar refractivity (Wildman–Crippen MR) is 83.6 cm³/mol. The minimum atomic E-state index is -3.78. The molecule has 0 aliphatic heterocycles. The summed E-state index contributed by atoms with van der Waals surface area (Å²) >= 11 is 0. The lowest BCUT2D eigenvalue weighted by molar-refractivity contribution is -0.119. The fourth-order valence-electron chi connectivity index (χ4n) is 2.16. The van der Waals surface area contributed by atoms with Gasteiger partial charge in [-0.1, -0.05) is 32.9 Å². The average molecular weight is 312 g/mol. The molecule has 0 saturated heterocycles. The van der Waals surface area contributed by atoms with Crippen LogP contribution in [-0.2, 0) is 20.2 Å². The maximum Gasteiger partial charge on any atom is 0.241 e. The van der Waals surface area contributed by atoms with Crippen LogP contribution in [0.2, 0.25) is 0 Å². The minimum Gasteiger partial charge on any atom is -0.368 e. The third kappa shape index (κ3) is 4.04. The Balaban J connectivity index is 3.35. The van der Waals surface area contributed by atoms with Crippen molar-refractivity contribution < 1.29 is 13.2 Å². The average Bonchev–Trinajstić information content (AvgIpc) is 2.25. The highest BCUT2D eigenvalue weighted by molar-refractivity contribution is 7.89. The third-order valence-corrected chi connectivity index (χ3v) is 5.20. The maximum atomic E-state index is 12.4. The fraction of sp³-hybridized carbons (Fsp3) is 0.533. The van der Waals surface area contributed by atoms with Gasteiger partial charge in [-0.3, -0.25) is 4.79 Å². The van der Waals surface area contributed by atoms with Crippen LogP contribution >= 0.6 is 0 Å². The smallest absolute Gasteiger partial charge is 0.241 e. The van der Waals surface area contributed by atoms with Crippen molar-refractivity contribution in [1.82, 2.24) is 4.72 Å². The normalized spacial score (nSPS) is 14.0. The molecule has 1 amide bonds. The zero-order valence-corrected chi connectivity index (χ0v) is 14.3. The molecule has 118 valence electrons. The second-order valence-electron chi connectivity index (χ2n) is 6.43. The zero-order chi connectivity index (χ0) is 16.6. The van der Waals surface area contributed by atoms with E-state index < -0.39 is 22.0 Å². The maximum absolute atomic E-state index is 12.4. The highest BCUT2D eigenvalue weighted by Crippen LogP contribution is 2.29. The highest BCUT2D eigenvalue weighted by Gasteiger charge is 2.25. The van der Waals surface area contributed by atoms with E-state index in [-0.39, 0.29) is 10.3 Å². The molecule has 0 aliphatic carbocycles. The van der Waals surface area contributed by atoms with Crippen molar-refractivity contribution in [2.24, 2.45) is 5.73 Å². The van der Waals surface area contributed by atoms with E-state index in [2.05, 4.69) is 25.5 Å². The number of aryl methyl sites for hydroxylation is 2. The van der Waals surface area contributed by atoms with Gasteiger partial charge in [0.1, 0.15) is 0 Å². The summed E-state index contributed by atoms with van der Waals surface area (Å²) in [5, 5.41) is 0. The van der Waals surface area contributed by atoms with E-state index in [4.69, 9.17) is 5.73 Å². The number of nitrogens with one attached hydrogen (secondary N) is 1. The Morgan fingerprint density at radius 1 is 1.19 bits per heavy atom. The van der Waals surface area contributed by atoms with Crippen LogP contribution in [0.4, 0.5) is 0 Å². The first kappa shape index (κ1) is 17.7. The minimum absolute atomic E-state index is 0.0637. The Morgan fingerprint density at radius 2 is 1.62 bits per heavy atom. The van der Waals surface area contributed by atoms with Gasteiger partial charge in [-0.2, -0.15) is 4.72 Å². The second kappa shape index (κ2) is 5.77. The highest BCUT2D eigenvalue weighted by atomic mass is 32.2. The van der Waals surface area contributed by atoms with Crippen LogP contribution in [0.3, 0.4) is 0 Å². The molecule has 0 fully saturated rings. The van der Waals surface area contributed by atoms with Crippen molar-refractivity contribution >= 4 is 15.9 Å². The Morgan fingerprint density at radius 3 is 1.95 bits per heavy atom. The molecule has 1 rings (SSSR count). The molecule has 0 spiro atoms. The van der Waals surface area contributed by atoms with E-state index in [1.807, 2.05) is 12.1 Å². The van der Waals surface area contributed by atoms with Crippen LogP contribution in [0, 0.1) is 13.8 Å². The van der Waals surface area contributed by atoms with E-state index in [1.54, 1.807) is 13.8 Å². The molecule has 0 bridgehead atoms. The number of sulfonamides is 1. The molecule has 0 aliphatic rings. The lowest BCUT2D eigenvalue weighted by atomic mass is 9.85. The second-order valence-corrected chi connectivity index (χ2v) is 8.09. The molecule has 21 heavy (non-hydrogen) atoms. The number of amides is 1. The topological polar surface area (TPSA) is 89.3 Å². The largest absolute Gasteiger partial charge is 0.368 e. The number of hydrogen-bond donors (Lipinski definition) is 2. The number of carbonyl (C=O) groups is 1. The monoisotopic (exact) mass is 312 g/mol. The van der Waals surface area contributed by atoms with Crippen LogP contribution in [0.25, 0.3) is 0 Å². The molecule has 0 radical (unpaired) electrons. The third-order valence-electron chi connectivity index (χ3n) is 3.35. The van der Waals surface area contributed by atoms with Crippen molar-refractivity contribution in [3.05, 3.63) is 28.8 Å². The molecule has 5 nitrogen and oxygen atoms in total. The SMILES string of the molecule is Cc1cc(C(C)(C)C)cc(C)c1S(=O)(=O)NC(C)C(N)=O. The summed E-state index contributed by atoms with van der Waals surface area (Å²) < 4.78 is 27.2. The van der Waals surface area contributed by atoms with Gasteiger partial charge in [0.15, 0.2) is 0 Å². The van der Waals surface area contributed by atoms with Crippen molar-refractivity contribution in [2.75, 3.05) is 0 Å². The molecule has 1 unspecified atom stereocenters. The summed E-state index contributed by atoms with van der Waals surface area (Å²) in [5.41, 5.74) is 7.43. The quantitative estimate of drug-likeness (QED) is 0.887. The molecule has 6 heteroatoms. The fourth-order valence-corrected chi connectivity index (χ4v) is 3.82. The van der Waals surface area contributed by atoms with E-state index in [1.165, 1.54) is 6.92 Å². The van der Waals surface area contributed by atoms with Crippen LogP contribution in [0.5, 0.6) is 0 Å². The molecule has 3 N–H and O–H groups in total. The summed E-state index contributed by atoms with van der Waals surface area (Å²) in [5.74, 6) is -0.708. The van der Waals surface area contributed by atoms with E-state index >= 15 is 0 Å². The van der Waals surface area contributed by atoms with Crippen LogP contribution in [-0.4, -0.2) is 20.4 Å². The number of nitrogens with two attached hydrogens (primary N) is 1. The van der Waals surface area contributed by atoms with Gasteiger partial charge in [0.2, 0.25) is 15.9 Å². The Bertz CT molecular complexity index is 635. The molecule has 0 saturated carbocycles. The number of benzene rings is 1. The van der Waals surface area contributed by atoms with Gasteiger partial charge in [0, 0.05) is 0 Å². The summed E-state index contributed by atoms with van der Waals surface area (Å²) in [4.78, 5) is 11.3. The Labute approximate surface area is 127 Å². The summed E-state index contributed by atoms with van der Waals surface area (Å²) in [7, 11) is -3.78. The standard InChI is InChI=1S/C15H24N2O3S/c1-9-7-12(15(4,5)6)8-10(2)13(9)21(19,20)17-11(3)14(16)18/h7-8,11,17H,1-6H3,(H2,16,18). The number of rotatable bonds is 4. The molecule has 1 aromatic rings. The summed E-state index contributed by atoms with van der Waals surface area (Å²) in [6.45, 7) is 11.2. The van der Waals surface area contributed by atoms with Gasteiger partial charge in [0.05, 0.1) is 10.9 Å². The van der Waals surface area contributed by atoms with Gasteiger partial charge >= 0.3 is 0 Å². The first-order valence-corrected chi connectivity index (χ1v) is 8.28. The summed E-state index contributed by atoms with van der Waals surface area (Å²) in [6, 6.07) is 2.79. The van der Waals surface area contributed by atoms with Gasteiger partial charge in [-0.15, -0.1) is 0 Å². The van der Waals surface area contributed by atoms with Crippen molar-refractivity contribution in [3.63, 3.8) is 0 Å². The van der Waals surface area contributed by atoms with E-state index in [9.17, 15) is 13.2 Å². The molecule has 0 aromatic heterocycles. The van der Waals surface area contributed by atoms with Crippen LogP contribution in [0.1, 0.15) is 44.4 Å². The molecule has 1 aromatic carbocycles. The van der Waals surface area contributed by atoms with Gasteiger partial charge < -0.3 is 5.73 Å². The zero-order valence-electron chi connectivity index (χ0n) is 13.4. The van der Waals surface area contributed by atoms with Gasteiger partial charge in [-0.05, 0) is 42.9 Å². The van der Waals surface area contributed by atoms with Crippen LogP contribution in [0.15, 0.2) is 17.0 Å². The lowest BCUT2D eigenvalue weighted by Crippen LogP contribution is -2.42. The molecular formula is C15H24N2O3S. The lowest BCUT2D eigenvalue weighted by Gasteiger charge is -2.22. The number of carbonyl (C=O) groups excluding carboxylic acids is 1. The first-order chi connectivity index (χ1) is 9.36. The predicted octanol–water partition coefficient (Wildman–Crippen LogP) is 1.75. The number of primary amides is 1. The number of hydrogen-bond acceptors (Lipinski definition) is 3. The first-order valence-electron chi connectivity index (χ1n) is 6.79. The molecular weight excluding hydrogens is 288 g/mol. The Kier molecular flexibility index (Phi) is 4.85. The van der Waals surface area contributed by atoms with Crippen LogP contribution < -0.4 is 10.5 Å². The molecule has 0 heterocycles. The van der Waals surface area contributed by atoms with E-state index in [0.29, 0.717) is 11.1 Å². The molecule has 1 atom stereocenters.